The molecule has 0 aliphatic rings. The number of hydrogen-bond acceptors (Lipinski definition) is 4. The molecule has 0 aliphatic heterocycles. The van der Waals surface area contributed by atoms with Crippen molar-refractivity contribution in [2.75, 3.05) is 0 Å². The zero-order valence-electron chi connectivity index (χ0n) is 17.0. The van der Waals surface area contributed by atoms with Crippen LogP contribution >= 0.6 is 0 Å². The van der Waals surface area contributed by atoms with Gasteiger partial charge >= 0.3 is 11.9 Å². The summed E-state index contributed by atoms with van der Waals surface area (Å²) in [6, 6.07) is 0. The number of rotatable bonds is 16. The average Bonchev–Trinajstić information content (AvgIpc) is 2.51. The fourth-order valence-electron chi connectivity index (χ4n) is 3.31. The Labute approximate surface area is 155 Å². The maximum Gasteiger partial charge on any atom is 0.305 e. The van der Waals surface area contributed by atoms with E-state index in [1.807, 2.05) is 6.92 Å². The van der Waals surface area contributed by atoms with Gasteiger partial charge in [-0.2, -0.15) is 0 Å². The summed E-state index contributed by atoms with van der Waals surface area (Å²) in [5.74, 6) is -1.85. The lowest BCUT2D eigenvalue weighted by Gasteiger charge is -2.32. The molecule has 0 aromatic heterocycles. The maximum atomic E-state index is 11.4. The first-order chi connectivity index (χ1) is 12.0. The molecule has 0 radical (unpaired) electrons. The zero-order valence-corrected chi connectivity index (χ0v) is 17.0. The molecule has 0 saturated heterocycles. The Morgan fingerprint density at radius 2 is 1.00 bits per heavy atom. The fraction of sp³-hybridized carbons (Fsp3) is 0.905. The summed E-state index contributed by atoms with van der Waals surface area (Å²) >= 11 is 0. The molecule has 0 unspecified atom stereocenters. The van der Waals surface area contributed by atoms with Gasteiger partial charge in [0.1, 0.15) is 0 Å². The molecular formula is C21H40O4. The lowest BCUT2D eigenvalue weighted by molar-refractivity contribution is -0.231. The Hall–Kier alpha value is -1.06. The Kier molecular flexibility index (Phi) is 14.6. The van der Waals surface area contributed by atoms with E-state index < -0.39 is 17.7 Å². The Balaban J connectivity index is 3.97. The molecule has 0 aliphatic carbocycles. The molecule has 0 bridgehead atoms. The third-order valence-corrected chi connectivity index (χ3v) is 4.45. The van der Waals surface area contributed by atoms with Crippen molar-refractivity contribution in [2.45, 2.75) is 123 Å². The smallest absolute Gasteiger partial charge is 0.305 e. The van der Waals surface area contributed by atoms with Crippen LogP contribution in [0.3, 0.4) is 0 Å². The molecule has 0 fully saturated rings. The molecule has 4 heteroatoms. The van der Waals surface area contributed by atoms with Crippen LogP contribution < -0.4 is 0 Å². The number of carbonyl (C=O) groups excluding carboxylic acids is 2. The van der Waals surface area contributed by atoms with Crippen LogP contribution in [0.2, 0.25) is 0 Å². The lowest BCUT2D eigenvalue weighted by Crippen LogP contribution is -2.39. The monoisotopic (exact) mass is 356 g/mol. The zero-order chi connectivity index (χ0) is 19.0. The third-order valence-electron chi connectivity index (χ3n) is 4.45. The van der Waals surface area contributed by atoms with Gasteiger partial charge < -0.3 is 9.47 Å². The number of hydrogen-bond donors (Lipinski definition) is 0. The molecular weight excluding hydrogens is 316 g/mol. The van der Waals surface area contributed by atoms with Crippen molar-refractivity contribution in [1.29, 1.82) is 0 Å². The molecule has 0 aromatic rings. The highest BCUT2D eigenvalue weighted by Crippen LogP contribution is 2.28. The highest BCUT2D eigenvalue weighted by molar-refractivity contribution is 5.68. The molecule has 0 spiro atoms. The molecule has 0 rings (SSSR count). The molecule has 0 amide bonds. The summed E-state index contributed by atoms with van der Waals surface area (Å²) in [5.41, 5.74) is 0. The highest BCUT2D eigenvalue weighted by Gasteiger charge is 2.35. The fourth-order valence-corrected chi connectivity index (χ4v) is 3.31. The normalized spacial score (nSPS) is 11.4. The predicted octanol–water partition coefficient (Wildman–Crippen LogP) is 6.31. The minimum absolute atomic E-state index is 0.391. The van der Waals surface area contributed by atoms with Crippen molar-refractivity contribution in [2.24, 2.45) is 0 Å². The van der Waals surface area contributed by atoms with Crippen LogP contribution in [0.15, 0.2) is 0 Å². The standard InChI is InChI=1S/C21H40O4/c1-5-7-8-9-10-11-12-13-14-15-16-18-21(17-6-2,24-19(3)22)25-20(4)23/h5-18H2,1-4H3. The van der Waals surface area contributed by atoms with Crippen molar-refractivity contribution in [1.82, 2.24) is 0 Å². The van der Waals surface area contributed by atoms with Gasteiger partial charge in [-0.3, -0.25) is 9.59 Å². The van der Waals surface area contributed by atoms with Gasteiger partial charge in [0, 0.05) is 26.7 Å². The topological polar surface area (TPSA) is 52.6 Å². The van der Waals surface area contributed by atoms with E-state index in [9.17, 15) is 9.59 Å². The van der Waals surface area contributed by atoms with Crippen LogP contribution in [-0.4, -0.2) is 17.7 Å². The Morgan fingerprint density at radius 1 is 0.600 bits per heavy atom. The van der Waals surface area contributed by atoms with Crippen LogP contribution in [0.1, 0.15) is 118 Å². The van der Waals surface area contributed by atoms with Crippen molar-refractivity contribution in [3.8, 4) is 0 Å². The van der Waals surface area contributed by atoms with E-state index in [0.29, 0.717) is 12.8 Å². The van der Waals surface area contributed by atoms with Gasteiger partial charge in [-0.05, 0) is 12.8 Å². The van der Waals surface area contributed by atoms with Gasteiger partial charge in [0.25, 0.3) is 5.79 Å². The van der Waals surface area contributed by atoms with Crippen molar-refractivity contribution >= 4 is 11.9 Å². The van der Waals surface area contributed by atoms with Gasteiger partial charge in [0.2, 0.25) is 0 Å². The van der Waals surface area contributed by atoms with E-state index in [4.69, 9.17) is 9.47 Å². The molecule has 0 N–H and O–H groups in total. The SMILES string of the molecule is CCCCCCCCCCCCCC(CCC)(OC(C)=O)OC(C)=O. The second-order valence-electron chi connectivity index (χ2n) is 7.13. The first-order valence-electron chi connectivity index (χ1n) is 10.3. The molecule has 25 heavy (non-hydrogen) atoms. The Morgan fingerprint density at radius 3 is 1.36 bits per heavy atom. The Bertz CT molecular complexity index is 336. The second-order valence-corrected chi connectivity index (χ2v) is 7.13. The van der Waals surface area contributed by atoms with Gasteiger partial charge in [-0.15, -0.1) is 0 Å². The molecule has 0 saturated carbocycles. The summed E-state index contributed by atoms with van der Waals surface area (Å²) in [6.45, 7) is 6.99. The quantitative estimate of drug-likeness (QED) is 0.185. The van der Waals surface area contributed by atoms with E-state index in [0.717, 1.165) is 19.3 Å². The van der Waals surface area contributed by atoms with Crippen LogP contribution in [0.4, 0.5) is 0 Å². The largest absolute Gasteiger partial charge is 0.423 e. The number of unbranched alkanes of at least 4 members (excludes halogenated alkanes) is 10. The molecule has 4 nitrogen and oxygen atoms in total. The van der Waals surface area contributed by atoms with Gasteiger partial charge in [0.05, 0.1) is 0 Å². The highest BCUT2D eigenvalue weighted by atomic mass is 16.7. The first kappa shape index (κ1) is 23.9. The van der Waals surface area contributed by atoms with Crippen molar-refractivity contribution < 1.29 is 19.1 Å². The maximum absolute atomic E-state index is 11.4. The molecule has 0 atom stereocenters. The van der Waals surface area contributed by atoms with E-state index >= 15 is 0 Å². The number of esters is 2. The van der Waals surface area contributed by atoms with Crippen molar-refractivity contribution in [3.63, 3.8) is 0 Å². The molecule has 148 valence electrons. The summed E-state index contributed by atoms with van der Waals surface area (Å²) in [4.78, 5) is 22.8. The van der Waals surface area contributed by atoms with Crippen LogP contribution in [-0.2, 0) is 19.1 Å². The first-order valence-corrected chi connectivity index (χ1v) is 10.3. The van der Waals surface area contributed by atoms with Crippen LogP contribution in [0, 0.1) is 0 Å². The lowest BCUT2D eigenvalue weighted by atomic mass is 10.0. The van der Waals surface area contributed by atoms with Crippen LogP contribution in [0.5, 0.6) is 0 Å². The predicted molar refractivity (Wildman–Crippen MR) is 102 cm³/mol. The molecule has 0 aromatic carbocycles. The van der Waals surface area contributed by atoms with Crippen molar-refractivity contribution in [3.05, 3.63) is 0 Å². The van der Waals surface area contributed by atoms with Gasteiger partial charge in [-0.25, -0.2) is 0 Å². The van der Waals surface area contributed by atoms with E-state index in [1.165, 1.54) is 71.6 Å². The number of carbonyl (C=O) groups is 2. The third kappa shape index (κ3) is 13.9. The minimum atomic E-state index is -1.06. The summed E-state index contributed by atoms with van der Waals surface area (Å²) < 4.78 is 10.8. The second kappa shape index (κ2) is 15.2. The van der Waals surface area contributed by atoms with E-state index in [1.54, 1.807) is 0 Å². The molecule has 0 heterocycles. The van der Waals surface area contributed by atoms with Gasteiger partial charge in [0.15, 0.2) is 0 Å². The minimum Gasteiger partial charge on any atom is -0.423 e. The number of ether oxygens (including phenoxy) is 2. The van der Waals surface area contributed by atoms with E-state index in [-0.39, 0.29) is 0 Å². The summed E-state index contributed by atoms with van der Waals surface area (Å²) in [5, 5.41) is 0. The van der Waals surface area contributed by atoms with Gasteiger partial charge in [-0.1, -0.05) is 78.1 Å². The van der Waals surface area contributed by atoms with Crippen LogP contribution in [0.25, 0.3) is 0 Å². The average molecular weight is 357 g/mol. The van der Waals surface area contributed by atoms with E-state index in [2.05, 4.69) is 6.92 Å². The summed E-state index contributed by atoms with van der Waals surface area (Å²) in [7, 11) is 0. The summed E-state index contributed by atoms with van der Waals surface area (Å²) in [6.07, 6.45) is 15.8.